The fraction of sp³-hybridized carbons (Fsp3) is 0. The topological polar surface area (TPSA) is 122 Å². The quantitative estimate of drug-likeness (QED) is 0.662. The summed E-state index contributed by atoms with van der Waals surface area (Å²) in [6.45, 7) is 0. The van der Waals surface area contributed by atoms with Gasteiger partial charge in [0.15, 0.2) is 11.3 Å². The molecule has 3 aromatic rings. The van der Waals surface area contributed by atoms with Crippen LogP contribution in [0.25, 0.3) is 16.6 Å². The van der Waals surface area contributed by atoms with Crippen LogP contribution in [0.2, 0.25) is 0 Å². The zero-order valence-electron chi connectivity index (χ0n) is 10.3. The van der Waals surface area contributed by atoms with Crippen molar-refractivity contribution in [3.05, 3.63) is 51.9 Å². The number of fused-ring (bicyclic) bond motifs is 2. The van der Waals surface area contributed by atoms with Crippen LogP contribution < -0.4 is 5.56 Å². The van der Waals surface area contributed by atoms with Gasteiger partial charge in [-0.3, -0.25) is 4.79 Å². The number of carboxylic acids is 2. The molecule has 2 N–H and O–H groups in total. The Morgan fingerprint density at radius 2 is 1.81 bits per heavy atom. The molecule has 8 nitrogen and oxygen atoms in total. The molecule has 0 aliphatic carbocycles. The fourth-order valence-corrected chi connectivity index (χ4v) is 1.94. The zero-order valence-corrected chi connectivity index (χ0v) is 10.3. The molecule has 0 atom stereocenters. The summed E-state index contributed by atoms with van der Waals surface area (Å²) in [7, 11) is 0. The molecule has 2 heterocycles. The van der Waals surface area contributed by atoms with Crippen molar-refractivity contribution < 1.29 is 19.8 Å². The molecule has 0 amide bonds. The summed E-state index contributed by atoms with van der Waals surface area (Å²) in [5.74, 6) is -2.45. The van der Waals surface area contributed by atoms with Gasteiger partial charge in [0, 0.05) is 0 Å². The molecule has 0 spiro atoms. The minimum atomic E-state index is -1.27. The van der Waals surface area contributed by atoms with Crippen LogP contribution in [-0.2, 0) is 0 Å². The molecule has 2 aromatic heterocycles. The molecular formula is C13H7N3O5. The Morgan fingerprint density at radius 1 is 1.05 bits per heavy atom. The Balaban J connectivity index is 2.42. The molecule has 3 rings (SSSR count). The Kier molecular flexibility index (Phi) is 2.65. The highest BCUT2D eigenvalue weighted by atomic mass is 16.4. The molecule has 21 heavy (non-hydrogen) atoms. The largest absolute Gasteiger partial charge is 0.478 e. The second-order valence-corrected chi connectivity index (χ2v) is 4.25. The smallest absolute Gasteiger partial charge is 0.356 e. The molecule has 104 valence electrons. The van der Waals surface area contributed by atoms with Crippen molar-refractivity contribution in [3.8, 4) is 0 Å². The van der Waals surface area contributed by atoms with Gasteiger partial charge in [-0.15, -0.1) is 0 Å². The Labute approximate surface area is 115 Å². The summed E-state index contributed by atoms with van der Waals surface area (Å²) in [4.78, 5) is 38.3. The molecule has 0 saturated heterocycles. The number of hydrogen-bond acceptors (Lipinski definition) is 5. The van der Waals surface area contributed by atoms with E-state index in [1.165, 1.54) is 30.3 Å². The average molecular weight is 285 g/mol. The van der Waals surface area contributed by atoms with Crippen molar-refractivity contribution in [2.45, 2.75) is 0 Å². The van der Waals surface area contributed by atoms with Crippen molar-refractivity contribution in [2.24, 2.45) is 0 Å². The summed E-state index contributed by atoms with van der Waals surface area (Å²) in [6, 6.07) is 6.55. The first-order valence-corrected chi connectivity index (χ1v) is 5.78. The van der Waals surface area contributed by atoms with E-state index in [2.05, 4.69) is 10.1 Å². The van der Waals surface area contributed by atoms with Gasteiger partial charge in [-0.1, -0.05) is 0 Å². The van der Waals surface area contributed by atoms with E-state index in [9.17, 15) is 14.4 Å². The highest BCUT2D eigenvalue weighted by Crippen LogP contribution is 2.12. The van der Waals surface area contributed by atoms with Crippen molar-refractivity contribution in [3.63, 3.8) is 0 Å². The molecule has 0 saturated carbocycles. The van der Waals surface area contributed by atoms with Crippen LogP contribution in [0.1, 0.15) is 20.8 Å². The summed E-state index contributed by atoms with van der Waals surface area (Å²) >= 11 is 0. The van der Waals surface area contributed by atoms with Gasteiger partial charge in [0.2, 0.25) is 0 Å². The molecule has 0 aliphatic rings. The van der Waals surface area contributed by atoms with Crippen LogP contribution >= 0.6 is 0 Å². The third-order valence-electron chi connectivity index (χ3n) is 2.94. The van der Waals surface area contributed by atoms with Gasteiger partial charge >= 0.3 is 11.9 Å². The van der Waals surface area contributed by atoms with Crippen LogP contribution in [0, 0.1) is 0 Å². The van der Waals surface area contributed by atoms with Crippen LogP contribution in [-0.4, -0.2) is 36.7 Å². The van der Waals surface area contributed by atoms with E-state index in [1.807, 2.05) is 0 Å². The first kappa shape index (κ1) is 12.7. The third-order valence-corrected chi connectivity index (χ3v) is 2.94. The summed E-state index contributed by atoms with van der Waals surface area (Å²) in [6.07, 6.45) is 0. The lowest BCUT2D eigenvalue weighted by atomic mass is 10.1. The van der Waals surface area contributed by atoms with Gasteiger partial charge in [-0.2, -0.15) is 9.61 Å². The molecule has 0 aliphatic heterocycles. The zero-order chi connectivity index (χ0) is 15.1. The highest BCUT2D eigenvalue weighted by Gasteiger charge is 2.12. The van der Waals surface area contributed by atoms with E-state index in [0.717, 1.165) is 4.52 Å². The van der Waals surface area contributed by atoms with Crippen molar-refractivity contribution >= 4 is 28.5 Å². The van der Waals surface area contributed by atoms with Crippen LogP contribution in [0.15, 0.2) is 35.1 Å². The normalized spacial score (nSPS) is 10.9. The lowest BCUT2D eigenvalue weighted by Crippen LogP contribution is -2.20. The SMILES string of the molecule is O=C(O)c1ccc2nc3ccc(C(=O)O)nn3c(=O)c2c1. The molecule has 0 radical (unpaired) electrons. The van der Waals surface area contributed by atoms with E-state index in [0.29, 0.717) is 5.52 Å². The lowest BCUT2D eigenvalue weighted by molar-refractivity contribution is 0.0681. The third kappa shape index (κ3) is 1.98. The first-order chi connectivity index (χ1) is 9.97. The van der Waals surface area contributed by atoms with Crippen molar-refractivity contribution in [1.82, 2.24) is 14.6 Å². The number of hydrogen-bond donors (Lipinski definition) is 2. The molecule has 0 fully saturated rings. The lowest BCUT2D eigenvalue weighted by Gasteiger charge is -2.04. The number of aromatic nitrogens is 3. The maximum atomic E-state index is 12.3. The number of aromatic carboxylic acids is 2. The van der Waals surface area contributed by atoms with Gasteiger partial charge in [-0.25, -0.2) is 14.6 Å². The average Bonchev–Trinajstić information content (AvgIpc) is 2.46. The van der Waals surface area contributed by atoms with E-state index in [1.54, 1.807) is 0 Å². The second kappa shape index (κ2) is 4.37. The maximum Gasteiger partial charge on any atom is 0.356 e. The van der Waals surface area contributed by atoms with Gasteiger partial charge in [0.25, 0.3) is 5.56 Å². The van der Waals surface area contributed by atoms with Gasteiger partial charge in [0.05, 0.1) is 16.5 Å². The summed E-state index contributed by atoms with van der Waals surface area (Å²) in [5, 5.41) is 21.6. The molecule has 8 heteroatoms. The minimum Gasteiger partial charge on any atom is -0.478 e. The summed E-state index contributed by atoms with van der Waals surface area (Å²) < 4.78 is 0.845. The number of rotatable bonds is 2. The van der Waals surface area contributed by atoms with E-state index >= 15 is 0 Å². The van der Waals surface area contributed by atoms with Crippen molar-refractivity contribution in [2.75, 3.05) is 0 Å². The monoisotopic (exact) mass is 285 g/mol. The van der Waals surface area contributed by atoms with Crippen molar-refractivity contribution in [1.29, 1.82) is 0 Å². The van der Waals surface area contributed by atoms with Gasteiger partial charge < -0.3 is 10.2 Å². The minimum absolute atomic E-state index is 0.0578. The first-order valence-electron chi connectivity index (χ1n) is 5.78. The number of carbonyl (C=O) groups is 2. The highest BCUT2D eigenvalue weighted by molar-refractivity contribution is 5.93. The standard InChI is InChI=1S/C13H7N3O5/c17-11-7-5-6(12(18)19)1-2-8(7)14-10-4-3-9(13(20)21)15-16(10)11/h1-5H,(H,18,19)(H,20,21). The van der Waals surface area contributed by atoms with Crippen LogP contribution in [0.5, 0.6) is 0 Å². The summed E-state index contributed by atoms with van der Waals surface area (Å²) in [5.41, 5.74) is -0.493. The van der Waals surface area contributed by atoms with E-state index in [-0.39, 0.29) is 22.3 Å². The molecular weight excluding hydrogens is 278 g/mol. The predicted octanol–water partition coefficient (Wildman–Crippen LogP) is 0.639. The second-order valence-electron chi connectivity index (χ2n) is 4.25. The number of carboxylic acid groups (broad SMARTS) is 2. The molecule has 1 aromatic carbocycles. The maximum absolute atomic E-state index is 12.3. The number of nitrogens with zero attached hydrogens (tertiary/aromatic N) is 3. The molecule has 0 bridgehead atoms. The Bertz CT molecular complexity index is 902. The van der Waals surface area contributed by atoms with E-state index < -0.39 is 17.5 Å². The van der Waals surface area contributed by atoms with Crippen LogP contribution in [0.4, 0.5) is 0 Å². The molecule has 0 unspecified atom stereocenters. The van der Waals surface area contributed by atoms with Gasteiger partial charge in [0.1, 0.15) is 0 Å². The van der Waals surface area contributed by atoms with Crippen LogP contribution in [0.3, 0.4) is 0 Å². The van der Waals surface area contributed by atoms with Gasteiger partial charge in [-0.05, 0) is 30.3 Å². The Hall–Kier alpha value is -3.29. The number of benzene rings is 1. The fourth-order valence-electron chi connectivity index (χ4n) is 1.94. The van der Waals surface area contributed by atoms with E-state index in [4.69, 9.17) is 10.2 Å². The predicted molar refractivity (Wildman–Crippen MR) is 70.7 cm³/mol. The Morgan fingerprint density at radius 3 is 2.48 bits per heavy atom.